The Balaban J connectivity index is 1.53. The number of nitrogens with one attached hydrogen (secondary N) is 2. The Morgan fingerprint density at radius 1 is 0.912 bits per heavy atom. The molecule has 0 unspecified atom stereocenters. The van der Waals surface area contributed by atoms with Crippen LogP contribution in [0.3, 0.4) is 0 Å². The van der Waals surface area contributed by atoms with Crippen molar-refractivity contribution in [3.05, 3.63) is 108 Å². The summed E-state index contributed by atoms with van der Waals surface area (Å²) in [5.74, 6) is -0.277. The van der Waals surface area contributed by atoms with E-state index in [1.807, 2.05) is 60.3 Å². The zero-order valence-corrected chi connectivity index (χ0v) is 18.7. The van der Waals surface area contributed by atoms with Gasteiger partial charge in [0.15, 0.2) is 0 Å². The second-order valence-electron chi connectivity index (χ2n) is 7.87. The van der Waals surface area contributed by atoms with Crippen LogP contribution in [0.25, 0.3) is 17.3 Å². The van der Waals surface area contributed by atoms with E-state index in [2.05, 4.69) is 22.8 Å². The minimum Gasteiger partial charge on any atom is -0.351 e. The Kier molecular flexibility index (Phi) is 6.84. The molecule has 0 aliphatic carbocycles. The van der Waals surface area contributed by atoms with Crippen LogP contribution in [0, 0.1) is 6.92 Å². The first kappa shape index (κ1) is 22.5. The van der Waals surface area contributed by atoms with Crippen molar-refractivity contribution in [2.24, 2.45) is 5.73 Å². The maximum absolute atomic E-state index is 12.5. The highest BCUT2D eigenvalue weighted by Gasteiger charge is 2.10. The van der Waals surface area contributed by atoms with Crippen LogP contribution in [0.4, 0.5) is 16.2 Å². The number of aromatic nitrogens is 2. The zero-order valence-electron chi connectivity index (χ0n) is 18.7. The van der Waals surface area contributed by atoms with Gasteiger partial charge in [-0.1, -0.05) is 60.2 Å². The molecule has 3 aromatic carbocycles. The van der Waals surface area contributed by atoms with Gasteiger partial charge in [-0.05, 0) is 42.8 Å². The topological polar surface area (TPSA) is 102 Å². The third kappa shape index (κ3) is 5.98. The molecule has 4 rings (SSSR count). The van der Waals surface area contributed by atoms with Crippen molar-refractivity contribution in [2.45, 2.75) is 13.5 Å². The summed E-state index contributed by atoms with van der Waals surface area (Å²) in [6.45, 7) is 2.67. The van der Waals surface area contributed by atoms with Crippen LogP contribution in [-0.2, 0) is 11.3 Å². The molecule has 0 fully saturated rings. The molecule has 0 aliphatic rings. The van der Waals surface area contributed by atoms with Crippen molar-refractivity contribution in [3.8, 4) is 11.3 Å². The van der Waals surface area contributed by atoms with Crippen molar-refractivity contribution in [1.82, 2.24) is 9.78 Å². The minimum absolute atomic E-state index is 0.277. The molecule has 0 radical (unpaired) electrons. The van der Waals surface area contributed by atoms with E-state index in [-0.39, 0.29) is 5.91 Å². The van der Waals surface area contributed by atoms with Gasteiger partial charge in [-0.25, -0.2) is 4.79 Å². The van der Waals surface area contributed by atoms with E-state index in [4.69, 9.17) is 10.8 Å². The van der Waals surface area contributed by atoms with E-state index in [0.29, 0.717) is 17.9 Å². The predicted octanol–water partition coefficient (Wildman–Crippen LogP) is 5.05. The maximum Gasteiger partial charge on any atom is 0.316 e. The molecule has 0 aliphatic heterocycles. The molecular formula is C27H25N5O2. The van der Waals surface area contributed by atoms with E-state index in [0.717, 1.165) is 22.4 Å². The van der Waals surface area contributed by atoms with Crippen molar-refractivity contribution >= 4 is 29.4 Å². The summed E-state index contributed by atoms with van der Waals surface area (Å²) in [5, 5.41) is 10.1. The number of urea groups is 1. The SMILES string of the molecule is Cc1ccc(-c2nn(Cc3ccccc3)cc2/C=C/C(=O)Nc2ccc(NC(N)=O)cc2)cc1. The quantitative estimate of drug-likeness (QED) is 0.343. The lowest BCUT2D eigenvalue weighted by Crippen LogP contribution is -2.19. The van der Waals surface area contributed by atoms with Crippen molar-refractivity contribution in [3.63, 3.8) is 0 Å². The zero-order chi connectivity index (χ0) is 23.9. The number of carbonyl (C=O) groups is 2. The summed E-state index contributed by atoms with van der Waals surface area (Å²) in [5.41, 5.74) is 11.2. The number of nitrogens with zero attached hydrogens (tertiary/aromatic N) is 2. The van der Waals surface area contributed by atoms with Gasteiger partial charge >= 0.3 is 6.03 Å². The van der Waals surface area contributed by atoms with Gasteiger partial charge in [0.05, 0.1) is 12.2 Å². The third-order valence-electron chi connectivity index (χ3n) is 5.14. The predicted molar refractivity (Wildman–Crippen MR) is 135 cm³/mol. The second-order valence-corrected chi connectivity index (χ2v) is 7.87. The molecule has 0 spiro atoms. The lowest BCUT2D eigenvalue weighted by Gasteiger charge is -2.05. The number of carbonyl (C=O) groups excluding carboxylic acids is 2. The molecule has 0 saturated carbocycles. The molecule has 1 aromatic heterocycles. The van der Waals surface area contributed by atoms with Crippen LogP contribution in [0.15, 0.2) is 91.1 Å². The molecule has 34 heavy (non-hydrogen) atoms. The van der Waals surface area contributed by atoms with Crippen molar-refractivity contribution in [1.29, 1.82) is 0 Å². The first-order chi connectivity index (χ1) is 16.5. The molecule has 0 atom stereocenters. The third-order valence-corrected chi connectivity index (χ3v) is 5.14. The Bertz CT molecular complexity index is 1310. The van der Waals surface area contributed by atoms with Gasteiger partial charge in [-0.15, -0.1) is 0 Å². The summed E-state index contributed by atoms with van der Waals surface area (Å²) in [6.07, 6.45) is 5.19. The normalized spacial score (nSPS) is 10.9. The van der Waals surface area contributed by atoms with Gasteiger partial charge in [0.2, 0.25) is 5.91 Å². The van der Waals surface area contributed by atoms with Crippen LogP contribution in [0.1, 0.15) is 16.7 Å². The van der Waals surface area contributed by atoms with Crippen molar-refractivity contribution in [2.75, 3.05) is 10.6 Å². The molecule has 7 heteroatoms. The molecule has 4 N–H and O–H groups in total. The number of amides is 3. The number of benzene rings is 3. The van der Waals surface area contributed by atoms with E-state index < -0.39 is 6.03 Å². The monoisotopic (exact) mass is 451 g/mol. The van der Waals surface area contributed by atoms with Gasteiger partial charge in [-0.3, -0.25) is 9.48 Å². The summed E-state index contributed by atoms with van der Waals surface area (Å²) < 4.78 is 1.88. The number of nitrogens with two attached hydrogens (primary N) is 1. The molecule has 7 nitrogen and oxygen atoms in total. The molecule has 4 aromatic rings. The lowest BCUT2D eigenvalue weighted by molar-refractivity contribution is -0.111. The average Bonchev–Trinajstić information content (AvgIpc) is 3.22. The first-order valence-corrected chi connectivity index (χ1v) is 10.8. The molecule has 3 amide bonds. The van der Waals surface area contributed by atoms with E-state index in [1.54, 1.807) is 30.3 Å². The molecule has 1 heterocycles. The fraction of sp³-hybridized carbons (Fsp3) is 0.0741. The van der Waals surface area contributed by atoms with Crippen LogP contribution in [0.2, 0.25) is 0 Å². The highest BCUT2D eigenvalue weighted by Crippen LogP contribution is 2.24. The maximum atomic E-state index is 12.5. The van der Waals surface area contributed by atoms with Crippen molar-refractivity contribution < 1.29 is 9.59 Å². The minimum atomic E-state index is -0.642. The largest absolute Gasteiger partial charge is 0.351 e. The van der Waals surface area contributed by atoms with Gasteiger partial charge < -0.3 is 16.4 Å². The lowest BCUT2D eigenvalue weighted by atomic mass is 10.1. The van der Waals surface area contributed by atoms with Gasteiger partial charge in [0.1, 0.15) is 0 Å². The molecule has 0 bridgehead atoms. The number of aryl methyl sites for hydroxylation is 1. The van der Waals surface area contributed by atoms with E-state index >= 15 is 0 Å². The Morgan fingerprint density at radius 3 is 2.21 bits per heavy atom. The molecule has 170 valence electrons. The fourth-order valence-corrected chi connectivity index (χ4v) is 3.47. The summed E-state index contributed by atoms with van der Waals surface area (Å²) >= 11 is 0. The van der Waals surface area contributed by atoms with Gasteiger partial charge in [0.25, 0.3) is 0 Å². The summed E-state index contributed by atoms with van der Waals surface area (Å²) in [4.78, 5) is 23.5. The smallest absolute Gasteiger partial charge is 0.316 e. The number of anilines is 2. The second kappa shape index (κ2) is 10.3. The Labute approximate surface area is 197 Å². The average molecular weight is 452 g/mol. The van der Waals surface area contributed by atoms with E-state index in [9.17, 15) is 9.59 Å². The molecular weight excluding hydrogens is 426 g/mol. The number of hydrogen-bond acceptors (Lipinski definition) is 3. The highest BCUT2D eigenvalue weighted by molar-refractivity contribution is 6.02. The summed E-state index contributed by atoms with van der Waals surface area (Å²) in [7, 11) is 0. The van der Waals surface area contributed by atoms with Crippen LogP contribution in [-0.4, -0.2) is 21.7 Å². The Hall–Kier alpha value is -4.65. The van der Waals surface area contributed by atoms with Crippen LogP contribution in [0.5, 0.6) is 0 Å². The number of primary amides is 1. The van der Waals surface area contributed by atoms with Crippen LogP contribution >= 0.6 is 0 Å². The van der Waals surface area contributed by atoms with E-state index in [1.165, 1.54) is 11.6 Å². The van der Waals surface area contributed by atoms with Gasteiger partial charge in [0, 0.05) is 34.8 Å². The van der Waals surface area contributed by atoms with Gasteiger partial charge in [-0.2, -0.15) is 5.10 Å². The fourth-order valence-electron chi connectivity index (χ4n) is 3.47. The summed E-state index contributed by atoms with van der Waals surface area (Å²) in [6, 6.07) is 24.3. The number of hydrogen-bond donors (Lipinski definition) is 3. The number of rotatable bonds is 7. The molecule has 0 saturated heterocycles. The van der Waals surface area contributed by atoms with Crippen LogP contribution < -0.4 is 16.4 Å². The first-order valence-electron chi connectivity index (χ1n) is 10.8. The Morgan fingerprint density at radius 2 is 1.56 bits per heavy atom. The highest BCUT2D eigenvalue weighted by atomic mass is 16.2. The standard InChI is InChI=1S/C27H25N5O2/c1-19-7-9-21(10-8-19)26-22(18-32(31-26)17-20-5-3-2-4-6-20)11-16-25(33)29-23-12-14-24(15-13-23)30-27(28)34/h2-16,18H,17H2,1H3,(H,29,33)(H3,28,30,34)/b16-11+.